The highest BCUT2D eigenvalue weighted by Gasteiger charge is 2.36. The summed E-state index contributed by atoms with van der Waals surface area (Å²) in [5.41, 5.74) is -0.114. The average molecular weight is 211 g/mol. The molecule has 0 bridgehead atoms. The van der Waals surface area contributed by atoms with Crippen molar-refractivity contribution >= 4 is 5.78 Å². The molecule has 0 aromatic heterocycles. The van der Waals surface area contributed by atoms with Crippen LogP contribution in [-0.2, 0) is 4.79 Å². The molecular weight excluding hydrogens is 186 g/mol. The molecule has 1 fully saturated rings. The molecule has 2 nitrogen and oxygen atoms in total. The molecular formula is C13H25NO. The predicted molar refractivity (Wildman–Crippen MR) is 63.9 cm³/mol. The molecule has 0 aromatic rings. The molecule has 0 heterocycles. The van der Waals surface area contributed by atoms with Crippen LogP contribution in [0.5, 0.6) is 0 Å². The number of nitrogens with zero attached hydrogens (tertiary/aromatic N) is 1. The summed E-state index contributed by atoms with van der Waals surface area (Å²) < 4.78 is 0. The van der Waals surface area contributed by atoms with Crippen LogP contribution in [0.1, 0.15) is 46.5 Å². The predicted octanol–water partition coefficient (Wildman–Crippen LogP) is 2.72. The van der Waals surface area contributed by atoms with E-state index in [9.17, 15) is 4.79 Å². The van der Waals surface area contributed by atoms with Gasteiger partial charge in [0, 0.05) is 11.5 Å². The van der Waals surface area contributed by atoms with Gasteiger partial charge in [-0.3, -0.25) is 4.79 Å². The summed E-state index contributed by atoms with van der Waals surface area (Å²) in [6, 6.07) is 0.726. The zero-order chi connectivity index (χ0) is 11.6. The quantitative estimate of drug-likeness (QED) is 0.715. The number of carbonyl (C=O) groups excluding carboxylic acids is 1. The Hall–Kier alpha value is -0.370. The van der Waals surface area contributed by atoms with Crippen LogP contribution in [0.2, 0.25) is 0 Å². The average Bonchev–Trinajstić information content (AvgIpc) is 2.17. The molecule has 88 valence electrons. The van der Waals surface area contributed by atoms with Crippen molar-refractivity contribution in [2.75, 3.05) is 14.1 Å². The molecule has 0 aliphatic heterocycles. The maximum atomic E-state index is 11.6. The molecule has 0 radical (unpaired) electrons. The van der Waals surface area contributed by atoms with Crippen molar-refractivity contribution in [1.29, 1.82) is 0 Å². The third-order valence-corrected chi connectivity index (χ3v) is 4.36. The Kier molecular flexibility index (Phi) is 3.93. The zero-order valence-corrected chi connectivity index (χ0v) is 10.8. The van der Waals surface area contributed by atoms with Gasteiger partial charge in [0.15, 0.2) is 0 Å². The van der Waals surface area contributed by atoms with Gasteiger partial charge in [0.1, 0.15) is 5.78 Å². The molecule has 0 spiro atoms. The molecule has 1 saturated carbocycles. The molecule has 0 saturated heterocycles. The van der Waals surface area contributed by atoms with Crippen molar-refractivity contribution in [3.8, 4) is 0 Å². The van der Waals surface area contributed by atoms with Gasteiger partial charge in [0.2, 0.25) is 0 Å². The summed E-state index contributed by atoms with van der Waals surface area (Å²) in [7, 11) is 4.31. The van der Waals surface area contributed by atoms with Gasteiger partial charge in [-0.05, 0) is 52.6 Å². The number of carbonyl (C=O) groups is 1. The van der Waals surface area contributed by atoms with Gasteiger partial charge >= 0.3 is 0 Å². The standard InChI is InChI=1S/C13H25NO/c1-10(15)13(2,3)11-6-8-12(9-7-11)14(4)5/h11-12H,6-9H2,1-5H3. The van der Waals surface area contributed by atoms with Crippen LogP contribution >= 0.6 is 0 Å². The van der Waals surface area contributed by atoms with Gasteiger partial charge in [0.25, 0.3) is 0 Å². The third kappa shape index (κ3) is 2.81. The minimum atomic E-state index is -0.114. The fourth-order valence-electron chi connectivity index (χ4n) is 2.60. The minimum absolute atomic E-state index is 0.114. The molecule has 1 aliphatic carbocycles. The van der Waals surface area contributed by atoms with Crippen LogP contribution in [0.4, 0.5) is 0 Å². The van der Waals surface area contributed by atoms with Crippen LogP contribution in [-0.4, -0.2) is 30.8 Å². The molecule has 1 rings (SSSR count). The highest BCUT2D eigenvalue weighted by atomic mass is 16.1. The Bertz CT molecular complexity index is 225. The van der Waals surface area contributed by atoms with Gasteiger partial charge in [-0.25, -0.2) is 0 Å². The SMILES string of the molecule is CC(=O)C(C)(C)C1CCC(N(C)C)CC1. The van der Waals surface area contributed by atoms with Gasteiger partial charge in [0.05, 0.1) is 0 Å². The van der Waals surface area contributed by atoms with Crippen molar-refractivity contribution in [3.05, 3.63) is 0 Å². The Morgan fingerprint density at radius 2 is 1.60 bits per heavy atom. The van der Waals surface area contributed by atoms with E-state index in [-0.39, 0.29) is 5.41 Å². The summed E-state index contributed by atoms with van der Waals surface area (Å²) >= 11 is 0. The van der Waals surface area contributed by atoms with Gasteiger partial charge in [-0.15, -0.1) is 0 Å². The van der Waals surface area contributed by atoms with Crippen molar-refractivity contribution < 1.29 is 4.79 Å². The van der Waals surface area contributed by atoms with E-state index in [2.05, 4.69) is 32.8 Å². The first-order chi connectivity index (χ1) is 6.85. The lowest BCUT2D eigenvalue weighted by Crippen LogP contribution is -2.38. The second-order valence-corrected chi connectivity index (χ2v) is 5.75. The van der Waals surface area contributed by atoms with Crippen LogP contribution < -0.4 is 0 Å². The van der Waals surface area contributed by atoms with Crippen molar-refractivity contribution in [1.82, 2.24) is 4.90 Å². The second kappa shape index (κ2) is 4.65. The Labute approximate surface area is 94.0 Å². The van der Waals surface area contributed by atoms with Gasteiger partial charge in [-0.2, -0.15) is 0 Å². The zero-order valence-electron chi connectivity index (χ0n) is 10.8. The summed E-state index contributed by atoms with van der Waals surface area (Å²) in [5.74, 6) is 0.932. The van der Waals surface area contributed by atoms with Crippen LogP contribution in [0.3, 0.4) is 0 Å². The monoisotopic (exact) mass is 211 g/mol. The fraction of sp³-hybridized carbons (Fsp3) is 0.923. The summed E-state index contributed by atoms with van der Waals surface area (Å²) in [6.07, 6.45) is 4.90. The Balaban J connectivity index is 2.54. The highest BCUT2D eigenvalue weighted by Crippen LogP contribution is 2.39. The first-order valence-electron chi connectivity index (χ1n) is 6.03. The summed E-state index contributed by atoms with van der Waals surface area (Å²) in [5, 5.41) is 0. The minimum Gasteiger partial charge on any atom is -0.306 e. The van der Waals surface area contributed by atoms with Crippen LogP contribution in [0.25, 0.3) is 0 Å². The molecule has 2 heteroatoms. The molecule has 0 N–H and O–H groups in total. The summed E-state index contributed by atoms with van der Waals surface area (Å²) in [4.78, 5) is 13.9. The van der Waals surface area contributed by atoms with Crippen molar-refractivity contribution in [2.45, 2.75) is 52.5 Å². The lowest BCUT2D eigenvalue weighted by Gasteiger charge is -2.39. The van der Waals surface area contributed by atoms with Crippen molar-refractivity contribution in [3.63, 3.8) is 0 Å². The molecule has 0 aromatic carbocycles. The van der Waals surface area contributed by atoms with E-state index in [1.807, 2.05) is 0 Å². The first kappa shape index (κ1) is 12.7. The third-order valence-electron chi connectivity index (χ3n) is 4.36. The summed E-state index contributed by atoms with van der Waals surface area (Å²) in [6.45, 7) is 5.95. The Morgan fingerprint density at radius 3 is 1.93 bits per heavy atom. The molecule has 0 unspecified atom stereocenters. The van der Waals surface area contributed by atoms with Crippen molar-refractivity contribution in [2.24, 2.45) is 11.3 Å². The topological polar surface area (TPSA) is 20.3 Å². The van der Waals surface area contributed by atoms with E-state index in [1.54, 1.807) is 6.92 Å². The number of hydrogen-bond acceptors (Lipinski definition) is 2. The van der Waals surface area contributed by atoms with E-state index in [4.69, 9.17) is 0 Å². The maximum absolute atomic E-state index is 11.6. The van der Waals surface area contributed by atoms with E-state index >= 15 is 0 Å². The number of rotatable bonds is 3. The largest absolute Gasteiger partial charge is 0.306 e. The van der Waals surface area contributed by atoms with E-state index in [0.29, 0.717) is 11.7 Å². The van der Waals surface area contributed by atoms with Gasteiger partial charge < -0.3 is 4.90 Å². The van der Waals surface area contributed by atoms with Crippen LogP contribution in [0.15, 0.2) is 0 Å². The lowest BCUT2D eigenvalue weighted by molar-refractivity contribution is -0.128. The number of ketones is 1. The normalized spacial score (nSPS) is 28.1. The highest BCUT2D eigenvalue weighted by molar-refractivity contribution is 5.81. The van der Waals surface area contributed by atoms with Crippen LogP contribution in [0, 0.1) is 11.3 Å². The van der Waals surface area contributed by atoms with Gasteiger partial charge in [-0.1, -0.05) is 13.8 Å². The number of hydrogen-bond donors (Lipinski definition) is 0. The molecule has 0 atom stereocenters. The lowest BCUT2D eigenvalue weighted by atomic mass is 9.68. The smallest absolute Gasteiger partial charge is 0.135 e. The fourth-order valence-corrected chi connectivity index (χ4v) is 2.60. The van der Waals surface area contributed by atoms with E-state index < -0.39 is 0 Å². The number of Topliss-reactive ketones (excluding diaryl/α,β-unsaturated/α-hetero) is 1. The molecule has 15 heavy (non-hydrogen) atoms. The second-order valence-electron chi connectivity index (χ2n) is 5.75. The van der Waals surface area contributed by atoms with E-state index in [0.717, 1.165) is 6.04 Å². The maximum Gasteiger partial charge on any atom is 0.135 e. The molecule has 0 amide bonds. The first-order valence-corrected chi connectivity index (χ1v) is 6.03. The molecule has 1 aliphatic rings. The Morgan fingerprint density at radius 1 is 1.13 bits per heavy atom. The van der Waals surface area contributed by atoms with E-state index in [1.165, 1.54) is 25.7 Å².